The Morgan fingerprint density at radius 3 is 2.71 bits per heavy atom. The molecule has 3 nitrogen and oxygen atoms in total. The molecule has 2 heterocycles. The highest BCUT2D eigenvalue weighted by Gasteiger charge is 2.30. The summed E-state index contributed by atoms with van der Waals surface area (Å²) in [5, 5.41) is 4.59. The van der Waals surface area contributed by atoms with Crippen LogP contribution >= 0.6 is 11.3 Å². The van der Waals surface area contributed by atoms with E-state index in [1.54, 1.807) is 0 Å². The minimum absolute atomic E-state index is 0.758. The molecule has 0 aromatic carbocycles. The lowest BCUT2D eigenvalue weighted by Gasteiger charge is -2.20. The summed E-state index contributed by atoms with van der Waals surface area (Å²) in [6.07, 6.45) is 6.73. The van der Waals surface area contributed by atoms with Crippen molar-refractivity contribution in [2.45, 2.75) is 58.4 Å². The number of aromatic nitrogens is 1. The van der Waals surface area contributed by atoms with E-state index in [2.05, 4.69) is 24.1 Å². The third-order valence-electron chi connectivity index (χ3n) is 5.00. The summed E-state index contributed by atoms with van der Waals surface area (Å²) in [4.78, 5) is 9.06. The van der Waals surface area contributed by atoms with E-state index in [-0.39, 0.29) is 0 Å². The van der Waals surface area contributed by atoms with Gasteiger partial charge in [-0.1, -0.05) is 13.8 Å². The third-order valence-corrected chi connectivity index (χ3v) is 6.14. The molecule has 118 valence electrons. The van der Waals surface area contributed by atoms with Crippen LogP contribution in [0.2, 0.25) is 0 Å². The van der Waals surface area contributed by atoms with Gasteiger partial charge in [0.2, 0.25) is 0 Å². The minimum Gasteiger partial charge on any atom is -0.348 e. The van der Waals surface area contributed by atoms with Gasteiger partial charge in [-0.15, -0.1) is 11.3 Å². The molecule has 2 fully saturated rings. The van der Waals surface area contributed by atoms with Crippen molar-refractivity contribution in [3.05, 3.63) is 10.6 Å². The first-order valence-corrected chi connectivity index (χ1v) is 9.39. The molecule has 1 N–H and O–H groups in total. The predicted molar refractivity (Wildman–Crippen MR) is 91.2 cm³/mol. The van der Waals surface area contributed by atoms with Gasteiger partial charge in [0.05, 0.1) is 5.69 Å². The summed E-state index contributed by atoms with van der Waals surface area (Å²) < 4.78 is 0. The monoisotopic (exact) mass is 307 g/mol. The Bertz CT molecular complexity index is 465. The van der Waals surface area contributed by atoms with Crippen LogP contribution < -0.4 is 10.2 Å². The van der Waals surface area contributed by atoms with Gasteiger partial charge in [0.15, 0.2) is 5.13 Å². The number of anilines is 1. The first-order chi connectivity index (χ1) is 10.2. The molecule has 0 bridgehead atoms. The smallest absolute Gasteiger partial charge is 0.185 e. The summed E-state index contributed by atoms with van der Waals surface area (Å²) in [6, 6.07) is 0. The Morgan fingerprint density at radius 2 is 2.05 bits per heavy atom. The highest BCUT2D eigenvalue weighted by molar-refractivity contribution is 7.15. The lowest BCUT2D eigenvalue weighted by atomic mass is 9.89. The topological polar surface area (TPSA) is 28.2 Å². The maximum Gasteiger partial charge on any atom is 0.185 e. The Kier molecular flexibility index (Phi) is 4.85. The molecule has 1 aromatic rings. The first kappa shape index (κ1) is 15.3. The van der Waals surface area contributed by atoms with Crippen molar-refractivity contribution in [2.24, 2.45) is 11.8 Å². The molecule has 1 unspecified atom stereocenters. The van der Waals surface area contributed by atoms with E-state index in [9.17, 15) is 0 Å². The molecule has 1 aliphatic heterocycles. The summed E-state index contributed by atoms with van der Waals surface area (Å²) in [5.74, 6) is 2.48. The van der Waals surface area contributed by atoms with Gasteiger partial charge in [0, 0.05) is 30.4 Å². The van der Waals surface area contributed by atoms with Gasteiger partial charge in [-0.25, -0.2) is 4.98 Å². The van der Waals surface area contributed by atoms with Crippen molar-refractivity contribution in [2.75, 3.05) is 25.0 Å². The molecular formula is C17H29N3S. The van der Waals surface area contributed by atoms with E-state index in [1.165, 1.54) is 60.9 Å². The third kappa shape index (κ3) is 3.59. The van der Waals surface area contributed by atoms with E-state index in [1.807, 2.05) is 18.4 Å². The first-order valence-electron chi connectivity index (χ1n) is 8.58. The zero-order valence-corrected chi connectivity index (χ0v) is 14.5. The number of nitrogens with zero attached hydrogens (tertiary/aromatic N) is 2. The van der Waals surface area contributed by atoms with E-state index in [0.717, 1.165) is 24.3 Å². The number of thiazole rings is 1. The van der Waals surface area contributed by atoms with E-state index < -0.39 is 0 Å². The lowest BCUT2D eigenvalue weighted by molar-refractivity contribution is 0.351. The van der Waals surface area contributed by atoms with Crippen molar-refractivity contribution in [3.63, 3.8) is 0 Å². The van der Waals surface area contributed by atoms with Crippen LogP contribution in [0.25, 0.3) is 0 Å². The fourth-order valence-corrected chi connectivity index (χ4v) is 4.64. The Morgan fingerprint density at radius 1 is 1.24 bits per heavy atom. The second-order valence-corrected chi connectivity index (χ2v) is 8.09. The maximum absolute atomic E-state index is 5.03. The SMILES string of the molecule is CNCc1sc(N2CCCC(C(C)C)CC2)nc1C1CC1. The van der Waals surface area contributed by atoms with Crippen LogP contribution in [0.1, 0.15) is 62.4 Å². The van der Waals surface area contributed by atoms with Crippen LogP contribution in [0.4, 0.5) is 5.13 Å². The average Bonchev–Trinajstić information content (AvgIpc) is 3.25. The molecule has 1 aliphatic carbocycles. The average molecular weight is 308 g/mol. The molecule has 1 atom stereocenters. The van der Waals surface area contributed by atoms with Crippen LogP contribution in [0.3, 0.4) is 0 Å². The molecule has 3 rings (SSSR count). The quantitative estimate of drug-likeness (QED) is 0.891. The largest absolute Gasteiger partial charge is 0.348 e. The summed E-state index contributed by atoms with van der Waals surface area (Å²) in [6.45, 7) is 8.12. The van der Waals surface area contributed by atoms with E-state index >= 15 is 0 Å². The summed E-state index contributed by atoms with van der Waals surface area (Å²) in [7, 11) is 2.04. The number of nitrogens with one attached hydrogen (secondary N) is 1. The van der Waals surface area contributed by atoms with Gasteiger partial charge < -0.3 is 10.2 Å². The van der Waals surface area contributed by atoms with Crippen LogP contribution in [0, 0.1) is 11.8 Å². The van der Waals surface area contributed by atoms with Crippen molar-refractivity contribution in [1.82, 2.24) is 10.3 Å². The molecular weight excluding hydrogens is 278 g/mol. The molecule has 1 aromatic heterocycles. The molecule has 0 radical (unpaired) electrons. The van der Waals surface area contributed by atoms with Crippen LogP contribution in [-0.4, -0.2) is 25.1 Å². The maximum atomic E-state index is 5.03. The Labute approximate surface area is 133 Å². The predicted octanol–water partition coefficient (Wildman–Crippen LogP) is 4.00. The summed E-state index contributed by atoms with van der Waals surface area (Å²) in [5.41, 5.74) is 1.40. The van der Waals surface area contributed by atoms with Gasteiger partial charge >= 0.3 is 0 Å². The summed E-state index contributed by atoms with van der Waals surface area (Å²) >= 11 is 1.93. The van der Waals surface area contributed by atoms with Gasteiger partial charge in [-0.3, -0.25) is 0 Å². The number of rotatable bonds is 5. The Hall–Kier alpha value is -0.610. The number of hydrogen-bond donors (Lipinski definition) is 1. The highest BCUT2D eigenvalue weighted by Crippen LogP contribution is 2.44. The fourth-order valence-electron chi connectivity index (χ4n) is 3.43. The zero-order valence-electron chi connectivity index (χ0n) is 13.7. The normalized spacial score (nSPS) is 23.6. The van der Waals surface area contributed by atoms with Gasteiger partial charge in [-0.2, -0.15) is 0 Å². The molecule has 1 saturated carbocycles. The minimum atomic E-state index is 0.758. The van der Waals surface area contributed by atoms with Crippen molar-refractivity contribution in [1.29, 1.82) is 0 Å². The van der Waals surface area contributed by atoms with Crippen molar-refractivity contribution < 1.29 is 0 Å². The van der Waals surface area contributed by atoms with Gasteiger partial charge in [0.1, 0.15) is 0 Å². The standard InChI is InChI=1S/C17H29N3S/c1-12(2)13-5-4-9-20(10-8-13)17-19-16(14-6-7-14)15(21-17)11-18-3/h12-14,18H,4-11H2,1-3H3. The highest BCUT2D eigenvalue weighted by atomic mass is 32.1. The second kappa shape index (κ2) is 6.66. The van der Waals surface area contributed by atoms with E-state index in [0.29, 0.717) is 0 Å². The van der Waals surface area contributed by atoms with E-state index in [4.69, 9.17) is 4.98 Å². The fraction of sp³-hybridized carbons (Fsp3) is 0.824. The molecule has 1 saturated heterocycles. The van der Waals surface area contributed by atoms with Crippen molar-refractivity contribution in [3.8, 4) is 0 Å². The van der Waals surface area contributed by atoms with Crippen LogP contribution in [0.15, 0.2) is 0 Å². The molecule has 21 heavy (non-hydrogen) atoms. The van der Waals surface area contributed by atoms with Gasteiger partial charge in [0.25, 0.3) is 0 Å². The molecule has 2 aliphatic rings. The second-order valence-electron chi connectivity index (χ2n) is 7.03. The number of hydrogen-bond acceptors (Lipinski definition) is 4. The molecule has 0 amide bonds. The lowest BCUT2D eigenvalue weighted by Crippen LogP contribution is -2.24. The van der Waals surface area contributed by atoms with Gasteiger partial charge in [-0.05, 0) is 51.0 Å². The van der Waals surface area contributed by atoms with Crippen LogP contribution in [-0.2, 0) is 6.54 Å². The Balaban J connectivity index is 1.72. The molecule has 4 heteroatoms. The van der Waals surface area contributed by atoms with Crippen molar-refractivity contribution >= 4 is 16.5 Å². The van der Waals surface area contributed by atoms with Crippen LogP contribution in [0.5, 0.6) is 0 Å². The molecule has 0 spiro atoms. The zero-order chi connectivity index (χ0) is 14.8.